The molecule has 0 aromatic carbocycles. The van der Waals surface area contributed by atoms with E-state index < -0.39 is 5.60 Å². The van der Waals surface area contributed by atoms with Crippen molar-refractivity contribution in [3.63, 3.8) is 0 Å². The van der Waals surface area contributed by atoms with Gasteiger partial charge in [0.05, 0.1) is 5.60 Å². The van der Waals surface area contributed by atoms with E-state index in [0.717, 1.165) is 13.1 Å². The van der Waals surface area contributed by atoms with Gasteiger partial charge in [-0.3, -0.25) is 0 Å². The maximum Gasteiger partial charge on any atom is 0.0687 e. The molecule has 1 saturated heterocycles. The fourth-order valence-electron chi connectivity index (χ4n) is 3.37. The Labute approximate surface area is 93.5 Å². The Balaban J connectivity index is 1.96. The van der Waals surface area contributed by atoms with Crippen molar-refractivity contribution in [1.82, 2.24) is 5.32 Å². The van der Waals surface area contributed by atoms with Gasteiger partial charge in [-0.25, -0.2) is 0 Å². The highest BCUT2D eigenvalue weighted by atomic mass is 16.3. The molecule has 2 atom stereocenters. The van der Waals surface area contributed by atoms with E-state index in [-0.39, 0.29) is 0 Å². The van der Waals surface area contributed by atoms with Gasteiger partial charge in [0.25, 0.3) is 0 Å². The summed E-state index contributed by atoms with van der Waals surface area (Å²) in [6.45, 7) is 4.24. The van der Waals surface area contributed by atoms with Crippen LogP contribution in [0, 0.1) is 11.8 Å². The van der Waals surface area contributed by atoms with Crippen molar-refractivity contribution in [2.75, 3.05) is 13.1 Å². The zero-order chi connectivity index (χ0) is 10.7. The molecule has 2 heteroatoms. The Bertz CT molecular complexity index is 171. The van der Waals surface area contributed by atoms with Gasteiger partial charge in [-0.15, -0.1) is 0 Å². The predicted molar refractivity (Wildman–Crippen MR) is 62.8 cm³/mol. The standard InChI is InChI=1S/C13H25NO/c1-13(15,11-6-3-2-4-7-11)12-8-5-9-14-10-12/h11-12,14-15H,2-10H2,1H3. The molecule has 1 heterocycles. The maximum absolute atomic E-state index is 10.7. The molecule has 0 aromatic heterocycles. The average Bonchev–Trinajstić information content (AvgIpc) is 2.31. The smallest absolute Gasteiger partial charge is 0.0687 e. The van der Waals surface area contributed by atoms with Crippen LogP contribution in [0.4, 0.5) is 0 Å². The van der Waals surface area contributed by atoms with Crippen LogP contribution in [-0.4, -0.2) is 23.8 Å². The minimum absolute atomic E-state index is 0.423. The number of piperidine rings is 1. The second kappa shape index (κ2) is 4.84. The molecule has 0 amide bonds. The molecular weight excluding hydrogens is 186 g/mol. The quantitative estimate of drug-likeness (QED) is 0.734. The lowest BCUT2D eigenvalue weighted by atomic mass is 9.69. The van der Waals surface area contributed by atoms with E-state index in [1.165, 1.54) is 44.9 Å². The predicted octanol–water partition coefficient (Wildman–Crippen LogP) is 2.32. The minimum atomic E-state index is -0.423. The van der Waals surface area contributed by atoms with Crippen LogP contribution in [0.15, 0.2) is 0 Å². The van der Waals surface area contributed by atoms with Crippen LogP contribution >= 0.6 is 0 Å². The molecule has 2 nitrogen and oxygen atoms in total. The summed E-state index contributed by atoms with van der Waals surface area (Å²) >= 11 is 0. The van der Waals surface area contributed by atoms with E-state index >= 15 is 0 Å². The summed E-state index contributed by atoms with van der Waals surface area (Å²) < 4.78 is 0. The third-order valence-electron chi connectivity index (χ3n) is 4.56. The van der Waals surface area contributed by atoms with E-state index in [1.807, 2.05) is 0 Å². The van der Waals surface area contributed by atoms with Crippen molar-refractivity contribution in [3.05, 3.63) is 0 Å². The monoisotopic (exact) mass is 211 g/mol. The molecule has 0 radical (unpaired) electrons. The number of hydrogen-bond acceptors (Lipinski definition) is 2. The number of nitrogens with one attached hydrogen (secondary N) is 1. The minimum Gasteiger partial charge on any atom is -0.390 e. The summed E-state index contributed by atoms with van der Waals surface area (Å²) in [7, 11) is 0. The Hall–Kier alpha value is -0.0800. The molecular formula is C13H25NO. The second-order valence-corrected chi connectivity index (χ2v) is 5.60. The van der Waals surface area contributed by atoms with Gasteiger partial charge in [0.1, 0.15) is 0 Å². The topological polar surface area (TPSA) is 32.3 Å². The first-order chi connectivity index (χ1) is 7.21. The fraction of sp³-hybridized carbons (Fsp3) is 1.00. The molecule has 2 N–H and O–H groups in total. The Morgan fingerprint density at radius 3 is 2.27 bits per heavy atom. The highest BCUT2D eigenvalue weighted by molar-refractivity contribution is 4.92. The first kappa shape index (κ1) is 11.4. The van der Waals surface area contributed by atoms with Gasteiger partial charge in [-0.05, 0) is 45.1 Å². The van der Waals surface area contributed by atoms with Crippen LogP contribution < -0.4 is 5.32 Å². The summed E-state index contributed by atoms with van der Waals surface area (Å²) in [5.74, 6) is 1.03. The van der Waals surface area contributed by atoms with Crippen molar-refractivity contribution < 1.29 is 5.11 Å². The second-order valence-electron chi connectivity index (χ2n) is 5.60. The van der Waals surface area contributed by atoms with Crippen LogP contribution in [0.1, 0.15) is 51.9 Å². The van der Waals surface area contributed by atoms with E-state index in [4.69, 9.17) is 0 Å². The van der Waals surface area contributed by atoms with Gasteiger partial charge in [0.15, 0.2) is 0 Å². The maximum atomic E-state index is 10.7. The van der Waals surface area contributed by atoms with Gasteiger partial charge >= 0.3 is 0 Å². The highest BCUT2D eigenvalue weighted by Gasteiger charge is 2.39. The van der Waals surface area contributed by atoms with Crippen LogP contribution in [0.5, 0.6) is 0 Å². The molecule has 0 bridgehead atoms. The van der Waals surface area contributed by atoms with Crippen LogP contribution in [0.25, 0.3) is 0 Å². The lowest BCUT2D eigenvalue weighted by Crippen LogP contribution is -2.49. The van der Waals surface area contributed by atoms with Gasteiger partial charge in [0, 0.05) is 12.5 Å². The van der Waals surface area contributed by atoms with Gasteiger partial charge in [0.2, 0.25) is 0 Å². The van der Waals surface area contributed by atoms with Crippen molar-refractivity contribution >= 4 is 0 Å². The molecule has 2 unspecified atom stereocenters. The molecule has 88 valence electrons. The highest BCUT2D eigenvalue weighted by Crippen LogP contribution is 2.38. The SMILES string of the molecule is CC(O)(C1CCCCC1)C1CCCNC1. The molecule has 1 aliphatic heterocycles. The molecule has 1 saturated carbocycles. The third kappa shape index (κ3) is 2.54. The van der Waals surface area contributed by atoms with E-state index in [2.05, 4.69) is 12.2 Å². The number of rotatable bonds is 2. The molecule has 2 rings (SSSR count). The normalized spacial score (nSPS) is 33.6. The Kier molecular flexibility index (Phi) is 3.68. The van der Waals surface area contributed by atoms with Crippen LogP contribution in [0.2, 0.25) is 0 Å². The van der Waals surface area contributed by atoms with Crippen molar-refractivity contribution in [3.8, 4) is 0 Å². The molecule has 2 fully saturated rings. The summed E-state index contributed by atoms with van der Waals surface area (Å²) in [6, 6.07) is 0. The molecule has 2 aliphatic rings. The van der Waals surface area contributed by atoms with Crippen molar-refractivity contribution in [2.24, 2.45) is 11.8 Å². The summed E-state index contributed by atoms with van der Waals surface area (Å²) in [4.78, 5) is 0. The number of hydrogen-bond donors (Lipinski definition) is 2. The summed E-state index contributed by atoms with van der Waals surface area (Å²) in [5, 5.41) is 14.1. The van der Waals surface area contributed by atoms with Crippen molar-refractivity contribution in [2.45, 2.75) is 57.5 Å². The largest absolute Gasteiger partial charge is 0.390 e. The summed E-state index contributed by atoms with van der Waals surface area (Å²) in [6.07, 6.45) is 8.93. The van der Waals surface area contributed by atoms with Gasteiger partial charge in [-0.1, -0.05) is 19.3 Å². The van der Waals surface area contributed by atoms with E-state index in [9.17, 15) is 5.11 Å². The lowest BCUT2D eigenvalue weighted by Gasteiger charge is -2.43. The van der Waals surface area contributed by atoms with Gasteiger partial charge in [-0.2, -0.15) is 0 Å². The van der Waals surface area contributed by atoms with Crippen LogP contribution in [-0.2, 0) is 0 Å². The lowest BCUT2D eigenvalue weighted by molar-refractivity contribution is -0.0720. The summed E-state index contributed by atoms with van der Waals surface area (Å²) in [5.41, 5.74) is -0.423. The Morgan fingerprint density at radius 1 is 1.00 bits per heavy atom. The van der Waals surface area contributed by atoms with Crippen molar-refractivity contribution in [1.29, 1.82) is 0 Å². The van der Waals surface area contributed by atoms with Crippen LogP contribution in [0.3, 0.4) is 0 Å². The zero-order valence-electron chi connectivity index (χ0n) is 9.97. The fourth-order valence-corrected chi connectivity index (χ4v) is 3.37. The Morgan fingerprint density at radius 2 is 1.67 bits per heavy atom. The molecule has 0 aromatic rings. The van der Waals surface area contributed by atoms with Gasteiger partial charge < -0.3 is 10.4 Å². The zero-order valence-corrected chi connectivity index (χ0v) is 9.97. The number of aliphatic hydroxyl groups is 1. The van der Waals surface area contributed by atoms with E-state index in [1.54, 1.807) is 0 Å². The molecule has 0 spiro atoms. The molecule has 1 aliphatic carbocycles. The first-order valence-electron chi connectivity index (χ1n) is 6.64. The van der Waals surface area contributed by atoms with E-state index in [0.29, 0.717) is 11.8 Å². The first-order valence-corrected chi connectivity index (χ1v) is 6.64. The molecule has 15 heavy (non-hydrogen) atoms. The average molecular weight is 211 g/mol. The third-order valence-corrected chi connectivity index (χ3v) is 4.56.